The third-order valence-electron chi connectivity index (χ3n) is 4.26. The van der Waals surface area contributed by atoms with Gasteiger partial charge in [0.05, 0.1) is 0 Å². The summed E-state index contributed by atoms with van der Waals surface area (Å²) in [6.45, 7) is 9.32. The van der Waals surface area contributed by atoms with Gasteiger partial charge in [-0.05, 0) is 52.0 Å². The average Bonchev–Trinajstić information content (AvgIpc) is 2.90. The molecule has 0 heterocycles. The lowest BCUT2D eigenvalue weighted by Gasteiger charge is -2.23. The van der Waals surface area contributed by atoms with Gasteiger partial charge in [0.2, 0.25) is 0 Å². The zero-order valence-corrected chi connectivity index (χ0v) is 14.8. The number of aryl methyl sites for hydroxylation is 1. The smallest absolute Gasteiger partial charge is 0.407 e. The van der Waals surface area contributed by atoms with Crippen LogP contribution in [-0.2, 0) is 11.3 Å². The fourth-order valence-electron chi connectivity index (χ4n) is 3.03. The van der Waals surface area contributed by atoms with Gasteiger partial charge in [-0.1, -0.05) is 36.2 Å². The van der Waals surface area contributed by atoms with Crippen molar-refractivity contribution in [2.75, 3.05) is 6.54 Å². The molecule has 0 spiro atoms. The highest BCUT2D eigenvalue weighted by molar-refractivity contribution is 5.67. The van der Waals surface area contributed by atoms with Crippen LogP contribution in [0.2, 0.25) is 0 Å². The third kappa shape index (κ3) is 6.22. The molecule has 4 heteroatoms. The quantitative estimate of drug-likeness (QED) is 0.868. The van der Waals surface area contributed by atoms with Gasteiger partial charge in [-0.15, -0.1) is 0 Å². The topological polar surface area (TPSA) is 50.4 Å². The minimum atomic E-state index is -0.442. The zero-order chi connectivity index (χ0) is 16.9. The molecule has 1 amide bonds. The van der Waals surface area contributed by atoms with Crippen LogP contribution in [0.15, 0.2) is 24.3 Å². The number of alkyl carbamates (subject to hydrolysis) is 1. The van der Waals surface area contributed by atoms with E-state index in [2.05, 4.69) is 41.8 Å². The van der Waals surface area contributed by atoms with Gasteiger partial charge in [0, 0.05) is 19.1 Å². The van der Waals surface area contributed by atoms with Crippen molar-refractivity contribution in [3.8, 4) is 0 Å². The molecule has 0 aliphatic heterocycles. The number of hydrogen-bond donors (Lipinski definition) is 2. The molecule has 0 saturated heterocycles. The maximum atomic E-state index is 11.8. The van der Waals surface area contributed by atoms with E-state index in [0.29, 0.717) is 18.5 Å². The van der Waals surface area contributed by atoms with E-state index in [-0.39, 0.29) is 6.09 Å². The highest BCUT2D eigenvalue weighted by Crippen LogP contribution is 2.25. The van der Waals surface area contributed by atoms with Crippen molar-refractivity contribution in [2.45, 2.75) is 65.1 Å². The molecule has 23 heavy (non-hydrogen) atoms. The fourth-order valence-corrected chi connectivity index (χ4v) is 3.03. The molecule has 1 aliphatic carbocycles. The van der Waals surface area contributed by atoms with Gasteiger partial charge in [0.15, 0.2) is 0 Å². The molecule has 1 aliphatic rings. The molecule has 1 fully saturated rings. The molecule has 1 aromatic rings. The van der Waals surface area contributed by atoms with Crippen molar-refractivity contribution in [2.24, 2.45) is 5.92 Å². The average molecular weight is 318 g/mol. The second kappa shape index (κ2) is 7.82. The molecule has 0 aromatic heterocycles. The normalized spacial score (nSPS) is 21.2. The molecular weight excluding hydrogens is 288 g/mol. The van der Waals surface area contributed by atoms with Crippen molar-refractivity contribution in [3.63, 3.8) is 0 Å². The Kier molecular flexibility index (Phi) is 6.05. The van der Waals surface area contributed by atoms with E-state index < -0.39 is 5.60 Å². The van der Waals surface area contributed by atoms with Crippen molar-refractivity contribution in [1.82, 2.24) is 10.6 Å². The molecular formula is C19H30N2O2. The van der Waals surface area contributed by atoms with Crippen LogP contribution in [0.4, 0.5) is 4.79 Å². The number of benzene rings is 1. The first-order valence-corrected chi connectivity index (χ1v) is 8.59. The van der Waals surface area contributed by atoms with Crippen molar-refractivity contribution in [3.05, 3.63) is 35.4 Å². The lowest BCUT2D eigenvalue weighted by Crippen LogP contribution is -2.40. The van der Waals surface area contributed by atoms with Crippen LogP contribution in [0.25, 0.3) is 0 Å². The molecule has 4 nitrogen and oxygen atoms in total. The second-order valence-corrected chi connectivity index (χ2v) is 7.55. The predicted octanol–water partition coefficient (Wildman–Crippen LogP) is 3.78. The number of ether oxygens (including phenoxy) is 1. The van der Waals surface area contributed by atoms with Gasteiger partial charge < -0.3 is 15.4 Å². The monoisotopic (exact) mass is 318 g/mol. The minimum Gasteiger partial charge on any atom is -0.444 e. The Hall–Kier alpha value is -1.55. The van der Waals surface area contributed by atoms with Crippen molar-refractivity contribution >= 4 is 6.09 Å². The molecule has 128 valence electrons. The maximum Gasteiger partial charge on any atom is 0.407 e. The van der Waals surface area contributed by atoms with E-state index >= 15 is 0 Å². The first-order chi connectivity index (χ1) is 10.8. The predicted molar refractivity (Wildman–Crippen MR) is 93.4 cm³/mol. The number of nitrogens with one attached hydrogen (secondary N) is 2. The van der Waals surface area contributed by atoms with E-state index in [9.17, 15) is 4.79 Å². The molecule has 2 rings (SSSR count). The minimum absolute atomic E-state index is 0.318. The Balaban J connectivity index is 1.76. The Morgan fingerprint density at radius 3 is 2.57 bits per heavy atom. The van der Waals surface area contributed by atoms with Crippen molar-refractivity contribution in [1.29, 1.82) is 0 Å². The van der Waals surface area contributed by atoms with Gasteiger partial charge in [0.1, 0.15) is 5.60 Å². The molecule has 0 bridgehead atoms. The summed E-state index contributed by atoms with van der Waals surface area (Å²) < 4.78 is 5.30. The number of rotatable bonds is 5. The Bertz CT molecular complexity index is 505. The van der Waals surface area contributed by atoms with E-state index in [0.717, 1.165) is 13.0 Å². The lowest BCUT2D eigenvalue weighted by atomic mass is 10.0. The van der Waals surface area contributed by atoms with E-state index in [1.54, 1.807) is 0 Å². The van der Waals surface area contributed by atoms with Gasteiger partial charge >= 0.3 is 6.09 Å². The van der Waals surface area contributed by atoms with E-state index in [1.807, 2.05) is 20.8 Å². The van der Waals surface area contributed by atoms with E-state index in [1.165, 1.54) is 24.0 Å². The van der Waals surface area contributed by atoms with Crippen LogP contribution in [0.3, 0.4) is 0 Å². The first-order valence-electron chi connectivity index (χ1n) is 8.59. The Morgan fingerprint density at radius 1 is 1.22 bits per heavy atom. The van der Waals surface area contributed by atoms with Gasteiger partial charge in [0.25, 0.3) is 0 Å². The largest absolute Gasteiger partial charge is 0.444 e. The van der Waals surface area contributed by atoms with Crippen LogP contribution in [0, 0.1) is 12.8 Å². The van der Waals surface area contributed by atoms with Gasteiger partial charge in [-0.25, -0.2) is 4.79 Å². The third-order valence-corrected chi connectivity index (χ3v) is 4.26. The second-order valence-electron chi connectivity index (χ2n) is 7.55. The summed E-state index contributed by atoms with van der Waals surface area (Å²) in [6, 6.07) is 9.10. The van der Waals surface area contributed by atoms with E-state index in [4.69, 9.17) is 4.74 Å². The van der Waals surface area contributed by atoms with Crippen LogP contribution in [0.1, 0.15) is 51.2 Å². The first kappa shape index (κ1) is 17.8. The number of carbonyl (C=O) groups is 1. The van der Waals surface area contributed by atoms with Crippen LogP contribution >= 0.6 is 0 Å². The molecule has 1 aromatic carbocycles. The van der Waals surface area contributed by atoms with Crippen molar-refractivity contribution < 1.29 is 9.53 Å². The summed E-state index contributed by atoms with van der Waals surface area (Å²) >= 11 is 0. The molecule has 2 atom stereocenters. The summed E-state index contributed by atoms with van der Waals surface area (Å²) in [7, 11) is 0. The lowest BCUT2D eigenvalue weighted by molar-refractivity contribution is 0.0517. The summed E-state index contributed by atoms with van der Waals surface area (Å²) in [5.74, 6) is 0.480. The SMILES string of the molecule is Cc1ccc(CNC2CCCC2CNC(=O)OC(C)(C)C)cc1. The Labute approximate surface area is 140 Å². The van der Waals surface area contributed by atoms with Gasteiger partial charge in [-0.2, -0.15) is 0 Å². The number of carbonyl (C=O) groups excluding carboxylic acids is 1. The van der Waals surface area contributed by atoms with Crippen LogP contribution in [-0.4, -0.2) is 24.3 Å². The van der Waals surface area contributed by atoms with Crippen LogP contribution in [0.5, 0.6) is 0 Å². The fraction of sp³-hybridized carbons (Fsp3) is 0.632. The molecule has 2 N–H and O–H groups in total. The molecule has 0 radical (unpaired) electrons. The number of hydrogen-bond acceptors (Lipinski definition) is 3. The highest BCUT2D eigenvalue weighted by atomic mass is 16.6. The maximum absolute atomic E-state index is 11.8. The highest BCUT2D eigenvalue weighted by Gasteiger charge is 2.27. The summed E-state index contributed by atoms with van der Waals surface area (Å²) in [5, 5.41) is 6.56. The molecule has 1 saturated carbocycles. The Morgan fingerprint density at radius 2 is 1.91 bits per heavy atom. The molecule has 2 unspecified atom stereocenters. The summed E-state index contributed by atoms with van der Waals surface area (Å²) in [6.07, 6.45) is 3.22. The zero-order valence-electron chi connectivity index (χ0n) is 14.8. The number of amides is 1. The standard InChI is InChI=1S/C19H30N2O2/c1-14-8-10-15(11-9-14)12-20-17-7-5-6-16(17)13-21-18(22)23-19(2,3)4/h8-11,16-17,20H,5-7,12-13H2,1-4H3,(H,21,22). The van der Waals surface area contributed by atoms with Crippen LogP contribution < -0.4 is 10.6 Å². The summed E-state index contributed by atoms with van der Waals surface area (Å²) in [5.41, 5.74) is 2.15. The summed E-state index contributed by atoms with van der Waals surface area (Å²) in [4.78, 5) is 11.8. The van der Waals surface area contributed by atoms with Gasteiger partial charge in [-0.3, -0.25) is 0 Å².